The smallest absolute Gasteiger partial charge is 0.306 e. The molecule has 1 heterocycles. The second-order valence-corrected chi connectivity index (χ2v) is 3.47. The summed E-state index contributed by atoms with van der Waals surface area (Å²) in [5.41, 5.74) is 0. The molecule has 0 spiro atoms. The molecule has 0 aromatic rings. The molecule has 5 atom stereocenters. The first kappa shape index (κ1) is 12.3. The summed E-state index contributed by atoms with van der Waals surface area (Å²) in [6, 6.07) is 0. The molecule has 5 N–H and O–H groups in total. The minimum atomic E-state index is -1.51. The van der Waals surface area contributed by atoms with Crippen molar-refractivity contribution in [3.05, 3.63) is 0 Å². The highest BCUT2D eigenvalue weighted by Gasteiger charge is 2.43. The van der Waals surface area contributed by atoms with E-state index in [0.29, 0.717) is 0 Å². The van der Waals surface area contributed by atoms with E-state index in [4.69, 9.17) is 14.9 Å². The van der Waals surface area contributed by atoms with Gasteiger partial charge in [0.15, 0.2) is 0 Å². The van der Waals surface area contributed by atoms with Crippen molar-refractivity contribution >= 4 is 5.97 Å². The van der Waals surface area contributed by atoms with Gasteiger partial charge in [-0.15, -0.1) is 0 Å². The Morgan fingerprint density at radius 2 is 1.60 bits per heavy atom. The first-order valence-electron chi connectivity index (χ1n) is 4.49. The topological polar surface area (TPSA) is 127 Å². The zero-order valence-corrected chi connectivity index (χ0v) is 7.85. The van der Waals surface area contributed by atoms with E-state index in [9.17, 15) is 20.1 Å². The fourth-order valence-electron chi connectivity index (χ4n) is 1.52. The molecule has 1 fully saturated rings. The van der Waals surface area contributed by atoms with Gasteiger partial charge in [0, 0.05) is 0 Å². The molecule has 1 aliphatic rings. The number of carbonyl (C=O) groups is 1. The van der Waals surface area contributed by atoms with Crippen LogP contribution in [0.4, 0.5) is 0 Å². The Morgan fingerprint density at radius 1 is 1.07 bits per heavy atom. The molecule has 1 unspecified atom stereocenters. The quantitative estimate of drug-likeness (QED) is 0.351. The highest BCUT2D eigenvalue weighted by atomic mass is 16.5. The summed E-state index contributed by atoms with van der Waals surface area (Å²) in [6.07, 6.45) is -7.11. The van der Waals surface area contributed by atoms with Crippen molar-refractivity contribution in [1.82, 2.24) is 0 Å². The van der Waals surface area contributed by atoms with Crippen molar-refractivity contribution < 1.29 is 35.1 Å². The third kappa shape index (κ3) is 2.64. The highest BCUT2D eigenvalue weighted by molar-refractivity contribution is 5.67. The minimum absolute atomic E-state index is 0.499. The van der Waals surface area contributed by atoms with Gasteiger partial charge < -0.3 is 30.3 Å². The maximum absolute atomic E-state index is 10.4. The summed E-state index contributed by atoms with van der Waals surface area (Å²) in [7, 11) is 0. The molecule has 0 amide bonds. The lowest BCUT2D eigenvalue weighted by molar-refractivity contribution is -0.231. The molecule has 0 saturated carbocycles. The molecule has 1 aliphatic heterocycles. The lowest BCUT2D eigenvalue weighted by Crippen LogP contribution is -2.58. The van der Waals surface area contributed by atoms with Gasteiger partial charge in [-0.2, -0.15) is 0 Å². The zero-order valence-electron chi connectivity index (χ0n) is 7.85. The fourth-order valence-corrected chi connectivity index (χ4v) is 1.52. The van der Waals surface area contributed by atoms with Crippen molar-refractivity contribution in [1.29, 1.82) is 0 Å². The Labute approximate surface area is 85.5 Å². The summed E-state index contributed by atoms with van der Waals surface area (Å²) < 4.78 is 4.95. The Bertz CT molecular complexity index is 229. The van der Waals surface area contributed by atoms with Crippen LogP contribution in [-0.4, -0.2) is 68.6 Å². The van der Waals surface area contributed by atoms with Crippen LogP contribution in [0.15, 0.2) is 0 Å². The predicted molar refractivity (Wildman–Crippen MR) is 46.0 cm³/mol. The standard InChI is InChI=1S/C8H14O7/c9-2-4-7(13)8(14)6(12)3(15-4)1-5(10)11/h3-4,6-9,12-14H,1-2H2,(H,10,11)/t3?,4-,6+,7+,8-/m1/s1. The van der Waals surface area contributed by atoms with Crippen LogP contribution < -0.4 is 0 Å². The Balaban J connectivity index is 2.69. The fraction of sp³-hybridized carbons (Fsp3) is 0.875. The molecule has 88 valence electrons. The number of hydrogen-bond acceptors (Lipinski definition) is 6. The molecule has 1 saturated heterocycles. The van der Waals surface area contributed by atoms with Crippen LogP contribution in [0.25, 0.3) is 0 Å². The number of ether oxygens (including phenoxy) is 1. The van der Waals surface area contributed by atoms with Crippen LogP contribution in [-0.2, 0) is 9.53 Å². The number of carboxylic acid groups (broad SMARTS) is 1. The summed E-state index contributed by atoms with van der Waals surface area (Å²) in [6.45, 7) is -0.554. The second-order valence-electron chi connectivity index (χ2n) is 3.47. The molecule has 0 aliphatic carbocycles. The van der Waals surface area contributed by atoms with Gasteiger partial charge in [0.2, 0.25) is 0 Å². The van der Waals surface area contributed by atoms with Crippen LogP contribution in [0.1, 0.15) is 6.42 Å². The Kier molecular flexibility index (Phi) is 4.00. The summed E-state index contributed by atoms with van der Waals surface area (Å²) >= 11 is 0. The van der Waals surface area contributed by atoms with Crippen molar-refractivity contribution in [2.45, 2.75) is 36.9 Å². The molecule has 0 radical (unpaired) electrons. The molecule has 7 heteroatoms. The maximum Gasteiger partial charge on any atom is 0.306 e. The van der Waals surface area contributed by atoms with E-state index >= 15 is 0 Å². The number of rotatable bonds is 3. The van der Waals surface area contributed by atoms with Crippen LogP contribution in [0.3, 0.4) is 0 Å². The van der Waals surface area contributed by atoms with E-state index in [1.807, 2.05) is 0 Å². The van der Waals surface area contributed by atoms with Crippen molar-refractivity contribution in [2.24, 2.45) is 0 Å². The Hall–Kier alpha value is -0.730. The molecular weight excluding hydrogens is 208 g/mol. The average Bonchev–Trinajstić information content (AvgIpc) is 2.18. The SMILES string of the molecule is O=C(O)CC1O[C@H](CO)[C@H](O)[C@H](O)[C@H]1O. The number of hydrogen-bond donors (Lipinski definition) is 5. The van der Waals surface area contributed by atoms with Gasteiger partial charge in [-0.05, 0) is 0 Å². The van der Waals surface area contributed by atoms with E-state index in [0.717, 1.165) is 0 Å². The average molecular weight is 222 g/mol. The molecule has 1 rings (SSSR count). The van der Waals surface area contributed by atoms with Crippen LogP contribution in [0.5, 0.6) is 0 Å². The van der Waals surface area contributed by atoms with Crippen LogP contribution >= 0.6 is 0 Å². The van der Waals surface area contributed by atoms with Crippen molar-refractivity contribution in [2.75, 3.05) is 6.61 Å². The first-order chi connectivity index (χ1) is 6.97. The first-order valence-corrected chi connectivity index (χ1v) is 4.49. The molecule has 15 heavy (non-hydrogen) atoms. The van der Waals surface area contributed by atoms with Gasteiger partial charge in [0.25, 0.3) is 0 Å². The van der Waals surface area contributed by atoms with Crippen molar-refractivity contribution in [3.8, 4) is 0 Å². The summed E-state index contributed by atoms with van der Waals surface area (Å²) in [5.74, 6) is -1.20. The van der Waals surface area contributed by atoms with Crippen LogP contribution in [0, 0.1) is 0 Å². The predicted octanol–water partition coefficient (Wildman–Crippen LogP) is -2.70. The third-order valence-electron chi connectivity index (χ3n) is 2.37. The normalized spacial score (nSPS) is 41.5. The number of aliphatic hydroxyl groups is 4. The van der Waals surface area contributed by atoms with E-state index in [1.165, 1.54) is 0 Å². The van der Waals surface area contributed by atoms with Gasteiger partial charge in [0.05, 0.1) is 19.1 Å². The van der Waals surface area contributed by atoms with E-state index in [2.05, 4.69) is 0 Å². The molecule has 0 aromatic heterocycles. The summed E-state index contributed by atoms with van der Waals surface area (Å²) in [4.78, 5) is 10.4. The Morgan fingerprint density at radius 3 is 2.07 bits per heavy atom. The molecule has 0 bridgehead atoms. The van der Waals surface area contributed by atoms with Gasteiger partial charge in [-0.3, -0.25) is 4.79 Å². The lowest BCUT2D eigenvalue weighted by Gasteiger charge is -2.39. The van der Waals surface area contributed by atoms with Gasteiger partial charge in [-0.25, -0.2) is 0 Å². The van der Waals surface area contributed by atoms with E-state index in [1.54, 1.807) is 0 Å². The molecular formula is C8H14O7. The van der Waals surface area contributed by atoms with Crippen molar-refractivity contribution in [3.63, 3.8) is 0 Å². The van der Waals surface area contributed by atoms with E-state index in [-0.39, 0.29) is 0 Å². The number of carboxylic acids is 1. The van der Waals surface area contributed by atoms with Gasteiger partial charge in [-0.1, -0.05) is 0 Å². The largest absolute Gasteiger partial charge is 0.481 e. The monoisotopic (exact) mass is 222 g/mol. The minimum Gasteiger partial charge on any atom is -0.481 e. The maximum atomic E-state index is 10.4. The van der Waals surface area contributed by atoms with Gasteiger partial charge in [0.1, 0.15) is 24.4 Å². The van der Waals surface area contributed by atoms with Crippen LogP contribution in [0.2, 0.25) is 0 Å². The number of aliphatic hydroxyl groups excluding tert-OH is 4. The van der Waals surface area contributed by atoms with Gasteiger partial charge >= 0.3 is 5.97 Å². The zero-order chi connectivity index (χ0) is 11.6. The number of aliphatic carboxylic acids is 1. The second kappa shape index (κ2) is 4.86. The lowest BCUT2D eigenvalue weighted by atomic mass is 9.94. The summed E-state index contributed by atoms with van der Waals surface area (Å²) in [5, 5.41) is 45.3. The highest BCUT2D eigenvalue weighted by Crippen LogP contribution is 2.22. The molecule has 7 nitrogen and oxygen atoms in total. The molecule has 0 aromatic carbocycles. The van der Waals surface area contributed by atoms with E-state index < -0.39 is 49.5 Å². The third-order valence-corrected chi connectivity index (χ3v) is 2.37.